The van der Waals surface area contributed by atoms with Crippen LogP contribution < -0.4 is 5.32 Å². The van der Waals surface area contributed by atoms with E-state index in [1.807, 2.05) is 0 Å². The number of aliphatic hydroxyl groups is 1. The van der Waals surface area contributed by atoms with Crippen LogP contribution >= 0.6 is 0 Å². The van der Waals surface area contributed by atoms with Crippen LogP contribution in [0.4, 0.5) is 13.2 Å². The lowest BCUT2D eigenvalue weighted by Gasteiger charge is -2.34. The Kier molecular flexibility index (Phi) is 5.08. The molecule has 3 atom stereocenters. The zero-order valence-electron chi connectivity index (χ0n) is 12.1. The molecule has 1 aromatic carbocycles. The molecule has 0 aliphatic heterocycles. The molecule has 1 amide bonds. The zero-order valence-corrected chi connectivity index (χ0v) is 12.1. The van der Waals surface area contributed by atoms with Crippen molar-refractivity contribution in [2.24, 2.45) is 0 Å². The summed E-state index contributed by atoms with van der Waals surface area (Å²) in [5.41, 5.74) is -1.43. The standard InChI is InChI=1S/C15H18F3NO3/c1-22-12-8-4-7-11(13(12)20)19-14(21)9-5-2-3-6-10(9)15(16,17)18/h2-3,5-6,11-13,20H,4,7-8H2,1H3,(H,19,21)/t11-,12-,13-/m1/s1. The largest absolute Gasteiger partial charge is 0.417 e. The lowest BCUT2D eigenvalue weighted by molar-refractivity contribution is -0.138. The van der Waals surface area contributed by atoms with Crippen molar-refractivity contribution in [2.45, 2.75) is 43.7 Å². The highest BCUT2D eigenvalue weighted by Gasteiger charge is 2.37. The van der Waals surface area contributed by atoms with Crippen molar-refractivity contribution >= 4 is 5.91 Å². The highest BCUT2D eigenvalue weighted by Crippen LogP contribution is 2.32. The zero-order chi connectivity index (χ0) is 16.3. The van der Waals surface area contributed by atoms with Crippen molar-refractivity contribution < 1.29 is 27.8 Å². The van der Waals surface area contributed by atoms with Gasteiger partial charge in [-0.25, -0.2) is 0 Å². The Hall–Kier alpha value is -1.60. The second kappa shape index (κ2) is 6.66. The molecule has 0 saturated heterocycles. The van der Waals surface area contributed by atoms with Gasteiger partial charge in [-0.1, -0.05) is 12.1 Å². The van der Waals surface area contributed by atoms with E-state index in [-0.39, 0.29) is 0 Å². The third-order valence-corrected chi connectivity index (χ3v) is 3.89. The van der Waals surface area contributed by atoms with Crippen LogP contribution in [-0.4, -0.2) is 36.4 Å². The summed E-state index contributed by atoms with van der Waals surface area (Å²) < 4.78 is 43.9. The number of benzene rings is 1. The van der Waals surface area contributed by atoms with Gasteiger partial charge in [0.05, 0.1) is 23.3 Å². The van der Waals surface area contributed by atoms with Crippen LogP contribution in [0.3, 0.4) is 0 Å². The SMILES string of the molecule is CO[C@@H]1CCC[C@@H](NC(=O)c2ccccc2C(F)(F)F)[C@H]1O. The Morgan fingerprint density at radius 2 is 2.00 bits per heavy atom. The van der Waals surface area contributed by atoms with Crippen molar-refractivity contribution in [3.8, 4) is 0 Å². The van der Waals surface area contributed by atoms with E-state index in [0.29, 0.717) is 12.8 Å². The fourth-order valence-electron chi connectivity index (χ4n) is 2.73. The number of hydrogen-bond acceptors (Lipinski definition) is 3. The predicted octanol–water partition coefficient (Wildman–Crippen LogP) is 2.36. The van der Waals surface area contributed by atoms with Gasteiger partial charge in [-0.05, 0) is 31.4 Å². The van der Waals surface area contributed by atoms with Gasteiger partial charge < -0.3 is 15.2 Å². The van der Waals surface area contributed by atoms with Crippen molar-refractivity contribution in [1.29, 1.82) is 0 Å². The minimum absolute atomic E-state index is 0.420. The summed E-state index contributed by atoms with van der Waals surface area (Å²) in [6.45, 7) is 0. The average Bonchev–Trinajstić information content (AvgIpc) is 2.48. The Bertz CT molecular complexity index is 533. The molecule has 1 saturated carbocycles. The number of hydrogen-bond donors (Lipinski definition) is 2. The van der Waals surface area contributed by atoms with Crippen LogP contribution in [0.5, 0.6) is 0 Å². The normalized spacial score (nSPS) is 25.8. The summed E-state index contributed by atoms with van der Waals surface area (Å²) in [5, 5.41) is 12.6. The number of alkyl halides is 3. The number of carbonyl (C=O) groups is 1. The molecule has 1 aromatic rings. The highest BCUT2D eigenvalue weighted by atomic mass is 19.4. The van der Waals surface area contributed by atoms with E-state index in [2.05, 4.69) is 5.32 Å². The molecule has 2 N–H and O–H groups in total. The first-order chi connectivity index (χ1) is 10.3. The molecule has 1 aliphatic rings. The maximum absolute atomic E-state index is 12.9. The second-order valence-corrected chi connectivity index (χ2v) is 5.32. The third kappa shape index (κ3) is 3.59. The van der Waals surface area contributed by atoms with Gasteiger partial charge in [0.15, 0.2) is 0 Å². The number of carbonyl (C=O) groups excluding carboxylic acids is 1. The van der Waals surface area contributed by atoms with Crippen molar-refractivity contribution in [3.05, 3.63) is 35.4 Å². The fourth-order valence-corrected chi connectivity index (χ4v) is 2.73. The molecule has 122 valence electrons. The summed E-state index contributed by atoms with van der Waals surface area (Å²) in [7, 11) is 1.46. The summed E-state index contributed by atoms with van der Waals surface area (Å²) in [6, 6.07) is 3.98. The molecule has 0 aromatic heterocycles. The van der Waals surface area contributed by atoms with Gasteiger partial charge in [0, 0.05) is 7.11 Å². The monoisotopic (exact) mass is 317 g/mol. The predicted molar refractivity (Wildman–Crippen MR) is 73.4 cm³/mol. The maximum Gasteiger partial charge on any atom is 0.417 e. The Labute approximate surface area is 126 Å². The van der Waals surface area contributed by atoms with Gasteiger partial charge in [-0.2, -0.15) is 13.2 Å². The number of methoxy groups -OCH3 is 1. The maximum atomic E-state index is 12.9. The molecule has 0 bridgehead atoms. The van der Waals surface area contributed by atoms with E-state index in [0.717, 1.165) is 18.6 Å². The molecule has 0 unspecified atom stereocenters. The van der Waals surface area contributed by atoms with Gasteiger partial charge in [-0.15, -0.1) is 0 Å². The van der Waals surface area contributed by atoms with Crippen molar-refractivity contribution in [3.63, 3.8) is 0 Å². The number of ether oxygens (including phenoxy) is 1. The number of rotatable bonds is 3. The fraction of sp³-hybridized carbons (Fsp3) is 0.533. The molecule has 22 heavy (non-hydrogen) atoms. The number of aliphatic hydroxyl groups excluding tert-OH is 1. The van der Waals surface area contributed by atoms with E-state index < -0.39 is 41.5 Å². The van der Waals surface area contributed by atoms with E-state index in [1.165, 1.54) is 19.2 Å². The van der Waals surface area contributed by atoms with Crippen LogP contribution in [0.1, 0.15) is 35.2 Å². The highest BCUT2D eigenvalue weighted by molar-refractivity contribution is 5.96. The topological polar surface area (TPSA) is 58.6 Å². The van der Waals surface area contributed by atoms with Crippen molar-refractivity contribution in [2.75, 3.05) is 7.11 Å². The van der Waals surface area contributed by atoms with E-state index in [4.69, 9.17) is 4.74 Å². The molecule has 0 spiro atoms. The third-order valence-electron chi connectivity index (χ3n) is 3.89. The van der Waals surface area contributed by atoms with Crippen molar-refractivity contribution in [1.82, 2.24) is 5.32 Å². The summed E-state index contributed by atoms with van der Waals surface area (Å²) in [4.78, 5) is 12.2. The Balaban J connectivity index is 2.16. The number of nitrogens with one attached hydrogen (secondary N) is 1. The first-order valence-electron chi connectivity index (χ1n) is 7.02. The van der Waals surface area contributed by atoms with Gasteiger partial charge in [-0.3, -0.25) is 4.79 Å². The van der Waals surface area contributed by atoms with Crippen LogP contribution in [0.15, 0.2) is 24.3 Å². The Morgan fingerprint density at radius 1 is 1.32 bits per heavy atom. The lowest BCUT2D eigenvalue weighted by atomic mass is 9.89. The lowest BCUT2D eigenvalue weighted by Crippen LogP contribution is -2.51. The number of amides is 1. The minimum atomic E-state index is -4.60. The quantitative estimate of drug-likeness (QED) is 0.900. The van der Waals surface area contributed by atoms with Crippen LogP contribution in [0, 0.1) is 0 Å². The van der Waals surface area contributed by atoms with Gasteiger partial charge in [0.2, 0.25) is 0 Å². The first kappa shape index (κ1) is 16.8. The molecule has 7 heteroatoms. The molecular weight excluding hydrogens is 299 g/mol. The molecule has 4 nitrogen and oxygen atoms in total. The molecule has 2 rings (SSSR count). The van der Waals surface area contributed by atoms with Gasteiger partial charge >= 0.3 is 6.18 Å². The minimum Gasteiger partial charge on any atom is -0.388 e. The summed E-state index contributed by atoms with van der Waals surface area (Å²) >= 11 is 0. The van der Waals surface area contributed by atoms with Crippen LogP contribution in [0.2, 0.25) is 0 Å². The average molecular weight is 317 g/mol. The second-order valence-electron chi connectivity index (χ2n) is 5.32. The summed E-state index contributed by atoms with van der Waals surface area (Å²) in [6.07, 6.45) is -4.07. The first-order valence-corrected chi connectivity index (χ1v) is 7.02. The van der Waals surface area contributed by atoms with E-state index >= 15 is 0 Å². The Morgan fingerprint density at radius 3 is 2.64 bits per heavy atom. The molecule has 0 radical (unpaired) electrons. The summed E-state index contributed by atoms with van der Waals surface area (Å²) in [5.74, 6) is -0.839. The molecule has 1 fully saturated rings. The molecule has 0 heterocycles. The number of halogens is 3. The smallest absolute Gasteiger partial charge is 0.388 e. The van der Waals surface area contributed by atoms with E-state index in [9.17, 15) is 23.1 Å². The van der Waals surface area contributed by atoms with Crippen LogP contribution in [-0.2, 0) is 10.9 Å². The van der Waals surface area contributed by atoms with Crippen LogP contribution in [0.25, 0.3) is 0 Å². The van der Waals surface area contributed by atoms with Gasteiger partial charge in [0.25, 0.3) is 5.91 Å². The molecule has 1 aliphatic carbocycles. The molecular formula is C15H18F3NO3. The van der Waals surface area contributed by atoms with Gasteiger partial charge in [0.1, 0.15) is 6.10 Å². The van der Waals surface area contributed by atoms with E-state index in [1.54, 1.807) is 0 Å².